The number of aromatic nitrogens is 2. The smallest absolute Gasteiger partial charge is 0.324 e. The highest BCUT2D eigenvalue weighted by Gasteiger charge is 2.56. The summed E-state index contributed by atoms with van der Waals surface area (Å²) >= 11 is 0. The second-order valence-electron chi connectivity index (χ2n) is 22.2. The Labute approximate surface area is 429 Å². The van der Waals surface area contributed by atoms with E-state index in [0.717, 1.165) is 69.6 Å². The van der Waals surface area contributed by atoms with Gasteiger partial charge in [-0.15, -0.1) is 0 Å². The fourth-order valence-corrected chi connectivity index (χ4v) is 11.3. The molecule has 73 heavy (non-hydrogen) atoms. The second kappa shape index (κ2) is 20.7. The fourth-order valence-electron chi connectivity index (χ4n) is 11.3. The number of cyclic esters (lactones) is 1. The van der Waals surface area contributed by atoms with Gasteiger partial charge in [0.05, 0.1) is 36.2 Å². The molecule has 16 heteroatoms. The highest BCUT2D eigenvalue weighted by molar-refractivity contribution is 5.98. The number of hydrazine groups is 1. The van der Waals surface area contributed by atoms with Crippen molar-refractivity contribution in [2.75, 3.05) is 53.2 Å². The van der Waals surface area contributed by atoms with Crippen molar-refractivity contribution in [1.29, 1.82) is 0 Å². The molecule has 2 aromatic heterocycles. The van der Waals surface area contributed by atoms with Crippen LogP contribution in [0.2, 0.25) is 0 Å². The van der Waals surface area contributed by atoms with E-state index in [2.05, 4.69) is 89.2 Å². The van der Waals surface area contributed by atoms with Crippen LogP contribution in [-0.4, -0.2) is 141 Å². The van der Waals surface area contributed by atoms with Crippen molar-refractivity contribution in [2.24, 2.45) is 11.3 Å². The lowest BCUT2D eigenvalue weighted by Crippen LogP contribution is -2.62. The molecule has 1 spiro atoms. The lowest BCUT2D eigenvalue weighted by Gasteiger charge is -2.41. The van der Waals surface area contributed by atoms with E-state index >= 15 is 0 Å². The molecule has 6 bridgehead atoms. The van der Waals surface area contributed by atoms with Gasteiger partial charge in [0.1, 0.15) is 24.9 Å². The maximum Gasteiger partial charge on any atom is 0.324 e. The van der Waals surface area contributed by atoms with Crippen molar-refractivity contribution < 1.29 is 38.2 Å². The zero-order chi connectivity index (χ0) is 52.0. The number of pyridine rings is 1. The maximum atomic E-state index is 14.9. The van der Waals surface area contributed by atoms with Gasteiger partial charge in [0.15, 0.2) is 5.60 Å². The summed E-state index contributed by atoms with van der Waals surface area (Å²) in [5.41, 5.74) is 8.67. The number of amides is 4. The van der Waals surface area contributed by atoms with Crippen molar-refractivity contribution in [3.8, 4) is 34.2 Å². The summed E-state index contributed by atoms with van der Waals surface area (Å²) in [4.78, 5) is 81.7. The lowest BCUT2D eigenvalue weighted by molar-refractivity contribution is -0.155. The van der Waals surface area contributed by atoms with Crippen LogP contribution in [0.25, 0.3) is 33.3 Å². The maximum absolute atomic E-state index is 14.9. The number of methoxy groups -OCH3 is 1. The molecule has 0 unspecified atom stereocenters. The predicted octanol–water partition coefficient (Wildman–Crippen LogP) is 6.05. The largest absolute Gasteiger partial charge is 0.464 e. The van der Waals surface area contributed by atoms with Crippen LogP contribution in [-0.2, 0) is 57.6 Å². The third kappa shape index (κ3) is 10.3. The Morgan fingerprint density at radius 3 is 2.51 bits per heavy atom. The highest BCUT2D eigenvalue weighted by Crippen LogP contribution is 2.42. The average molecular weight is 997 g/mol. The monoisotopic (exact) mass is 997 g/mol. The van der Waals surface area contributed by atoms with Gasteiger partial charge in [-0.2, -0.15) is 0 Å². The average Bonchev–Trinajstić information content (AvgIpc) is 4.03. The number of nitrogens with one attached hydrogen (secondary N) is 2. The Bertz CT molecular complexity index is 2860. The first-order valence-electron chi connectivity index (χ1n) is 26.1. The molecule has 9 rings (SSSR count). The van der Waals surface area contributed by atoms with Crippen molar-refractivity contribution in [2.45, 2.75) is 136 Å². The van der Waals surface area contributed by atoms with Crippen LogP contribution in [0.15, 0.2) is 60.8 Å². The van der Waals surface area contributed by atoms with Crippen LogP contribution < -0.4 is 10.7 Å². The molecule has 0 saturated carbocycles. The zero-order valence-electron chi connectivity index (χ0n) is 44.0. The standard InChI is InChI=1S/C57H72N8O8/c1-10-63-46-20-19-40-31-42(46)43(50(63)41-17-12-24-58-48(41)37(4)71-9)32-55(5,6)34-72-53(69)44-18-13-27-65(60-44)52(68)45(30-38-15-11-16-39(40)29-38)59-51(67)49(36(2)3)64-35-73-57(54(64)70)23-28-61(33-57)47(66)21-22-56(7,8)62-25-14-26-62/h11-12,15-17,19-20,24,29,31,36-37,44-45,49,60H,10,13-14,18,23,25-28,30,32-35H2,1-9H3,(H,59,67)/t37-,44-,45-,49-,57-/m0/s1. The molecule has 4 fully saturated rings. The Morgan fingerprint density at radius 1 is 1.00 bits per heavy atom. The van der Waals surface area contributed by atoms with Gasteiger partial charge >= 0.3 is 5.97 Å². The van der Waals surface area contributed by atoms with Gasteiger partial charge in [0, 0.05) is 80.8 Å². The Morgan fingerprint density at radius 2 is 1.78 bits per heavy atom. The van der Waals surface area contributed by atoms with E-state index in [1.807, 2.05) is 52.8 Å². The number of carbonyl (C=O) groups is 5. The molecule has 4 amide bonds. The topological polar surface area (TPSA) is 168 Å². The van der Waals surface area contributed by atoms with Crippen LogP contribution in [0.3, 0.4) is 0 Å². The normalized spacial score (nSPS) is 23.5. The summed E-state index contributed by atoms with van der Waals surface area (Å²) in [6, 6.07) is 15.7. The number of hydrogen-bond acceptors (Lipinski definition) is 11. The number of rotatable bonds is 9. The number of nitrogens with zero attached hydrogens (tertiary/aromatic N) is 6. The van der Waals surface area contributed by atoms with Crippen LogP contribution in [0, 0.1) is 23.2 Å². The van der Waals surface area contributed by atoms with Crippen LogP contribution in [0.4, 0.5) is 0 Å². The first-order valence-corrected chi connectivity index (χ1v) is 26.1. The van der Waals surface area contributed by atoms with Gasteiger partial charge in [-0.1, -0.05) is 63.9 Å². The van der Waals surface area contributed by atoms with Crippen molar-refractivity contribution >= 4 is 40.5 Å². The highest BCUT2D eigenvalue weighted by atomic mass is 16.5. The van der Waals surface area contributed by atoms with Crippen molar-refractivity contribution in [3.63, 3.8) is 0 Å². The van der Waals surface area contributed by atoms with Gasteiger partial charge in [0.25, 0.3) is 17.7 Å². The minimum Gasteiger partial charge on any atom is -0.464 e. The number of likely N-dealkylation sites (tertiary alicyclic amines) is 2. The number of fused-ring (bicyclic) bond motifs is 6. The van der Waals surface area contributed by atoms with Gasteiger partial charge in [-0.05, 0) is 112 Å². The van der Waals surface area contributed by atoms with Gasteiger partial charge in [-0.25, -0.2) is 5.43 Å². The van der Waals surface area contributed by atoms with Gasteiger partial charge in [-0.3, -0.25) is 38.9 Å². The molecular formula is C57H72N8O8. The molecule has 4 aromatic rings. The van der Waals surface area contributed by atoms with Crippen LogP contribution in [0.5, 0.6) is 0 Å². The van der Waals surface area contributed by atoms with E-state index in [-0.39, 0.29) is 56.6 Å². The Hall–Kier alpha value is -6.12. The van der Waals surface area contributed by atoms with E-state index in [0.29, 0.717) is 38.9 Å². The number of ether oxygens (including phenoxy) is 3. The van der Waals surface area contributed by atoms with Crippen LogP contribution in [0.1, 0.15) is 104 Å². The van der Waals surface area contributed by atoms with E-state index in [4.69, 9.17) is 19.2 Å². The quantitative estimate of drug-likeness (QED) is 0.148. The minimum absolute atomic E-state index is 0.0323. The molecule has 16 nitrogen and oxygen atoms in total. The molecule has 5 aliphatic heterocycles. The van der Waals surface area contributed by atoms with E-state index in [1.165, 1.54) is 9.91 Å². The molecule has 0 radical (unpaired) electrons. The third-order valence-corrected chi connectivity index (χ3v) is 15.6. The number of hydrogen-bond donors (Lipinski definition) is 2. The Kier molecular flexibility index (Phi) is 14.6. The molecule has 4 saturated heterocycles. The molecular weight excluding hydrogens is 925 g/mol. The van der Waals surface area contributed by atoms with Gasteiger partial charge in [0.2, 0.25) is 5.91 Å². The lowest BCUT2D eigenvalue weighted by atomic mass is 9.84. The summed E-state index contributed by atoms with van der Waals surface area (Å²) < 4.78 is 20.6. The van der Waals surface area contributed by atoms with E-state index < -0.39 is 52.5 Å². The first-order chi connectivity index (χ1) is 34.8. The molecule has 7 heterocycles. The van der Waals surface area contributed by atoms with Crippen molar-refractivity contribution in [1.82, 2.24) is 40.0 Å². The van der Waals surface area contributed by atoms with Crippen LogP contribution >= 0.6 is 0 Å². The summed E-state index contributed by atoms with van der Waals surface area (Å²) in [5, 5.41) is 5.59. The summed E-state index contributed by atoms with van der Waals surface area (Å²) in [6.45, 7) is 19.3. The Balaban J connectivity index is 1.03. The molecule has 5 aliphatic rings. The number of aryl methyl sites for hydroxylation is 1. The summed E-state index contributed by atoms with van der Waals surface area (Å²) in [6.07, 6.45) is 4.61. The molecule has 2 aromatic carbocycles. The minimum atomic E-state index is -1.31. The predicted molar refractivity (Wildman–Crippen MR) is 277 cm³/mol. The number of carbonyl (C=O) groups excluding carboxylic acids is 5. The molecule has 5 atom stereocenters. The number of esters is 1. The molecule has 2 N–H and O–H groups in total. The van der Waals surface area contributed by atoms with Crippen molar-refractivity contribution in [3.05, 3.63) is 77.6 Å². The SMILES string of the molecule is CCn1c(-c2cccnc2[C@H](C)OC)c2c3cc(ccc31)-c1cccc(c1)C[C@H](NC(=O)[C@H](C(C)C)N1CO[C@]3(CCN(C(=O)C#CC(C)(C)N4CCC4)C3)C1=O)C(=O)N1CCC[C@H](N1)C(=O)OCC(C)(C)C2. The van der Waals surface area contributed by atoms with Gasteiger partial charge < -0.3 is 33.9 Å². The zero-order valence-corrected chi connectivity index (χ0v) is 44.0. The third-order valence-electron chi connectivity index (χ3n) is 15.6. The first kappa shape index (κ1) is 51.8. The van der Waals surface area contributed by atoms with E-state index in [1.54, 1.807) is 18.2 Å². The van der Waals surface area contributed by atoms with E-state index in [9.17, 15) is 24.0 Å². The molecule has 0 aliphatic carbocycles. The number of benzene rings is 2. The summed E-state index contributed by atoms with van der Waals surface area (Å²) in [5.74, 6) is 3.47. The second-order valence-corrected chi connectivity index (χ2v) is 22.2. The fraction of sp³-hybridized carbons (Fsp3) is 0.544. The molecule has 388 valence electrons. The summed E-state index contributed by atoms with van der Waals surface area (Å²) in [7, 11) is 1.69.